The number of nitrogens with zero attached hydrogens (tertiary/aromatic N) is 2. The molecule has 0 saturated heterocycles. The van der Waals surface area contributed by atoms with Gasteiger partial charge in [0.05, 0.1) is 10.0 Å². The summed E-state index contributed by atoms with van der Waals surface area (Å²) in [6, 6.07) is 5.37. The van der Waals surface area contributed by atoms with Crippen LogP contribution >= 0.6 is 23.2 Å². The number of hydrogen-bond acceptors (Lipinski definition) is 3. The molecule has 1 heterocycles. The van der Waals surface area contributed by atoms with Gasteiger partial charge in [0.15, 0.2) is 0 Å². The van der Waals surface area contributed by atoms with Crippen LogP contribution in [0.1, 0.15) is 6.92 Å². The first-order valence-electron chi connectivity index (χ1n) is 5.22. The van der Waals surface area contributed by atoms with Gasteiger partial charge in [-0.2, -0.15) is 0 Å². The molecule has 6 heteroatoms. The lowest BCUT2D eigenvalue weighted by atomic mass is 10.3. The number of halogens is 2. The minimum Gasteiger partial charge on any atom is -0.321 e. The number of hydrogen-bond donors (Lipinski definition) is 1. The van der Waals surface area contributed by atoms with Crippen molar-refractivity contribution in [3.63, 3.8) is 0 Å². The number of rotatable bonds is 2. The third-order valence-electron chi connectivity index (χ3n) is 2.26. The molecule has 0 aromatic heterocycles. The lowest BCUT2D eigenvalue weighted by Gasteiger charge is -2.25. The molecule has 18 heavy (non-hydrogen) atoms. The van der Waals surface area contributed by atoms with Gasteiger partial charge in [-0.15, -0.1) is 0 Å². The van der Waals surface area contributed by atoms with Crippen LogP contribution in [0, 0.1) is 0 Å². The molecule has 1 aliphatic rings. The van der Waals surface area contributed by atoms with Gasteiger partial charge in [-0.3, -0.25) is 15.2 Å². The average Bonchev–Trinajstić information content (AvgIpc) is 2.33. The van der Waals surface area contributed by atoms with Crippen LogP contribution in [0.25, 0.3) is 0 Å². The van der Waals surface area contributed by atoms with Gasteiger partial charge in [0, 0.05) is 37.4 Å². The first kappa shape index (κ1) is 12.8. The predicted octanol–water partition coefficient (Wildman–Crippen LogP) is 3.11. The molecule has 4 nitrogen and oxygen atoms in total. The third kappa shape index (κ3) is 2.97. The fraction of sp³-hybridized carbons (Fsp3) is 0.0833. The first-order chi connectivity index (χ1) is 8.56. The molecule has 0 saturated carbocycles. The van der Waals surface area contributed by atoms with Crippen molar-refractivity contribution >= 4 is 34.8 Å². The van der Waals surface area contributed by atoms with Gasteiger partial charge in [-0.1, -0.05) is 23.2 Å². The Morgan fingerprint density at radius 2 is 1.78 bits per heavy atom. The number of carbonyl (C=O) groups is 1. The molecule has 0 bridgehead atoms. The average molecular weight is 284 g/mol. The summed E-state index contributed by atoms with van der Waals surface area (Å²) in [5.41, 5.74) is 3.51. The van der Waals surface area contributed by atoms with Crippen LogP contribution in [-0.4, -0.2) is 10.9 Å². The topological polar surface area (TPSA) is 35.6 Å². The Hall–Kier alpha value is -1.65. The van der Waals surface area contributed by atoms with Crippen LogP contribution in [0.15, 0.2) is 43.0 Å². The van der Waals surface area contributed by atoms with Gasteiger partial charge in [0.1, 0.15) is 0 Å². The molecule has 0 spiro atoms. The lowest BCUT2D eigenvalue weighted by Crippen LogP contribution is -2.35. The minimum absolute atomic E-state index is 0.132. The SMILES string of the molecule is CC(=O)NN1C=CN(c2ccc(Cl)c(Cl)c2)C=C1. The second-order valence-corrected chi connectivity index (χ2v) is 4.49. The van der Waals surface area contributed by atoms with Gasteiger partial charge in [0.25, 0.3) is 0 Å². The zero-order chi connectivity index (χ0) is 13.1. The summed E-state index contributed by atoms with van der Waals surface area (Å²) in [7, 11) is 0. The van der Waals surface area contributed by atoms with Crippen molar-refractivity contribution in [3.8, 4) is 0 Å². The van der Waals surface area contributed by atoms with Crippen molar-refractivity contribution in [2.24, 2.45) is 0 Å². The number of benzene rings is 1. The molecule has 0 unspecified atom stereocenters. The Morgan fingerprint density at radius 3 is 2.33 bits per heavy atom. The maximum absolute atomic E-state index is 10.9. The molecular weight excluding hydrogens is 273 g/mol. The zero-order valence-electron chi connectivity index (χ0n) is 9.60. The summed E-state index contributed by atoms with van der Waals surface area (Å²) >= 11 is 11.8. The lowest BCUT2D eigenvalue weighted by molar-refractivity contribution is -0.121. The molecule has 2 rings (SSSR count). The monoisotopic (exact) mass is 283 g/mol. The van der Waals surface area contributed by atoms with Crippen molar-refractivity contribution in [1.29, 1.82) is 0 Å². The summed E-state index contributed by atoms with van der Waals surface area (Å²) in [4.78, 5) is 12.7. The second-order valence-electron chi connectivity index (χ2n) is 3.68. The van der Waals surface area contributed by atoms with Crippen LogP contribution in [0.5, 0.6) is 0 Å². The molecule has 0 atom stereocenters. The summed E-state index contributed by atoms with van der Waals surface area (Å²) in [6.45, 7) is 1.45. The highest BCUT2D eigenvalue weighted by atomic mass is 35.5. The smallest absolute Gasteiger partial charge is 0.235 e. The van der Waals surface area contributed by atoms with Crippen LogP contribution in [0.4, 0.5) is 5.69 Å². The Labute approximate surface area is 115 Å². The predicted molar refractivity (Wildman–Crippen MR) is 72.9 cm³/mol. The van der Waals surface area contributed by atoms with Crippen LogP contribution < -0.4 is 10.3 Å². The molecule has 0 fully saturated rings. The Kier molecular flexibility index (Phi) is 3.79. The summed E-state index contributed by atoms with van der Waals surface area (Å²) in [5, 5.41) is 2.58. The van der Waals surface area contributed by atoms with Gasteiger partial charge in [-0.05, 0) is 18.2 Å². The van der Waals surface area contributed by atoms with E-state index in [9.17, 15) is 4.79 Å². The minimum atomic E-state index is -0.132. The number of carbonyl (C=O) groups excluding carboxylic acids is 1. The van der Waals surface area contributed by atoms with Crippen LogP contribution in [-0.2, 0) is 4.79 Å². The summed E-state index contributed by atoms with van der Waals surface area (Å²) < 4.78 is 0. The van der Waals surface area contributed by atoms with Gasteiger partial charge in [-0.25, -0.2) is 0 Å². The van der Waals surface area contributed by atoms with E-state index in [4.69, 9.17) is 23.2 Å². The third-order valence-corrected chi connectivity index (χ3v) is 3.00. The van der Waals surface area contributed by atoms with E-state index in [-0.39, 0.29) is 5.91 Å². The molecule has 94 valence electrons. The Bertz CT molecular complexity index is 514. The summed E-state index contributed by atoms with van der Waals surface area (Å²) in [6.07, 6.45) is 7.05. The van der Waals surface area contributed by atoms with Crippen molar-refractivity contribution in [2.45, 2.75) is 6.92 Å². The molecule has 1 N–H and O–H groups in total. The normalized spacial score (nSPS) is 13.9. The maximum atomic E-state index is 10.9. The van der Waals surface area contributed by atoms with Crippen molar-refractivity contribution in [3.05, 3.63) is 53.0 Å². The van der Waals surface area contributed by atoms with E-state index in [1.165, 1.54) is 6.92 Å². The number of nitrogens with one attached hydrogen (secondary N) is 1. The van der Waals surface area contributed by atoms with Crippen molar-refractivity contribution in [2.75, 3.05) is 4.90 Å². The van der Waals surface area contributed by atoms with E-state index < -0.39 is 0 Å². The molecule has 1 aromatic rings. The number of anilines is 1. The second kappa shape index (κ2) is 5.33. The molecule has 1 amide bonds. The largest absolute Gasteiger partial charge is 0.321 e. The zero-order valence-corrected chi connectivity index (χ0v) is 11.1. The van der Waals surface area contributed by atoms with Crippen molar-refractivity contribution in [1.82, 2.24) is 10.4 Å². The van der Waals surface area contributed by atoms with E-state index >= 15 is 0 Å². The van der Waals surface area contributed by atoms with Crippen LogP contribution in [0.2, 0.25) is 10.0 Å². The molecule has 1 aliphatic heterocycles. The van der Waals surface area contributed by atoms with Crippen molar-refractivity contribution < 1.29 is 4.79 Å². The highest BCUT2D eigenvalue weighted by molar-refractivity contribution is 6.42. The van der Waals surface area contributed by atoms with E-state index in [1.807, 2.05) is 11.0 Å². The fourth-order valence-corrected chi connectivity index (χ4v) is 1.75. The quantitative estimate of drug-likeness (QED) is 0.906. The highest BCUT2D eigenvalue weighted by Crippen LogP contribution is 2.28. The van der Waals surface area contributed by atoms with Gasteiger partial charge in [0.2, 0.25) is 5.91 Å². The molecule has 0 radical (unpaired) electrons. The maximum Gasteiger partial charge on any atom is 0.235 e. The Balaban J connectivity index is 2.11. The highest BCUT2D eigenvalue weighted by Gasteiger charge is 2.08. The number of hydrazine groups is 1. The molecule has 0 aliphatic carbocycles. The number of amides is 1. The van der Waals surface area contributed by atoms with E-state index in [0.717, 1.165) is 5.69 Å². The standard InChI is InChI=1S/C12H11Cl2N3O/c1-9(18)15-17-6-4-16(5-7-17)10-2-3-11(13)12(14)8-10/h2-8H,1H3,(H,15,18). The van der Waals surface area contributed by atoms with E-state index in [2.05, 4.69) is 5.43 Å². The van der Waals surface area contributed by atoms with Gasteiger partial charge < -0.3 is 4.90 Å². The first-order valence-corrected chi connectivity index (χ1v) is 5.97. The van der Waals surface area contributed by atoms with Gasteiger partial charge >= 0.3 is 0 Å². The molecule has 1 aromatic carbocycles. The van der Waals surface area contributed by atoms with E-state index in [0.29, 0.717) is 10.0 Å². The summed E-state index contributed by atoms with van der Waals surface area (Å²) in [5.74, 6) is -0.132. The Morgan fingerprint density at radius 1 is 1.11 bits per heavy atom. The van der Waals surface area contributed by atoms with E-state index in [1.54, 1.807) is 41.9 Å². The van der Waals surface area contributed by atoms with Crippen LogP contribution in [0.3, 0.4) is 0 Å². The fourth-order valence-electron chi connectivity index (χ4n) is 1.46. The molecular formula is C12H11Cl2N3O.